The number of hydrogen-bond donors (Lipinski definition) is 4. The topological polar surface area (TPSA) is 115 Å². The van der Waals surface area contributed by atoms with Crippen LogP contribution in [0.5, 0.6) is 0 Å². The van der Waals surface area contributed by atoms with Crippen molar-refractivity contribution in [3.8, 4) is 0 Å². The van der Waals surface area contributed by atoms with Crippen LogP contribution < -0.4 is 17.2 Å². The molecule has 7 N–H and O–H groups in total. The van der Waals surface area contributed by atoms with Crippen molar-refractivity contribution in [3.05, 3.63) is 35.4 Å². The minimum Gasteiger partial charge on any atom is -0.400 e. The molecule has 0 heterocycles. The molecule has 24 heavy (non-hydrogen) atoms. The second kappa shape index (κ2) is 19.8. The smallest absolute Gasteiger partial charge is 0.137 e. The molecule has 0 aromatic heterocycles. The van der Waals surface area contributed by atoms with Gasteiger partial charge in [0.2, 0.25) is 0 Å². The van der Waals surface area contributed by atoms with Gasteiger partial charge in [-0.15, -0.1) is 0 Å². The third-order valence-corrected chi connectivity index (χ3v) is 2.99. The Labute approximate surface area is 148 Å². The highest BCUT2D eigenvalue weighted by Gasteiger charge is 2.08. The molecule has 0 saturated heterocycles. The summed E-state index contributed by atoms with van der Waals surface area (Å²) in [6.45, 7) is 9.98. The van der Waals surface area contributed by atoms with Crippen LogP contribution in [-0.4, -0.2) is 30.6 Å². The number of aldehydes is 1. The Bertz CT molecular complexity index is 367. The molecular weight excluding hydrogens is 302 g/mol. The average Bonchev–Trinajstić information content (AvgIpc) is 2.65. The van der Waals surface area contributed by atoms with Gasteiger partial charge in [-0.25, -0.2) is 0 Å². The van der Waals surface area contributed by atoms with Crippen LogP contribution in [0.15, 0.2) is 24.3 Å². The predicted molar refractivity (Wildman–Crippen MR) is 105 cm³/mol. The molecule has 0 aliphatic rings. The highest BCUT2D eigenvalue weighted by molar-refractivity contribution is 5.57. The van der Waals surface area contributed by atoms with Crippen molar-refractivity contribution < 1.29 is 9.90 Å². The molecule has 0 aliphatic carbocycles. The zero-order valence-corrected chi connectivity index (χ0v) is 16.3. The molecule has 1 aromatic carbocycles. The van der Waals surface area contributed by atoms with Crippen LogP contribution in [-0.2, 0) is 11.2 Å². The molecule has 5 nitrogen and oxygen atoms in total. The fourth-order valence-electron chi connectivity index (χ4n) is 1.83. The lowest BCUT2D eigenvalue weighted by Crippen LogP contribution is -2.24. The first-order valence-corrected chi connectivity index (χ1v) is 8.78. The maximum absolute atomic E-state index is 10.5. The molecule has 1 rings (SSSR count). The Hall–Kier alpha value is -1.27. The molecule has 1 aromatic rings. The van der Waals surface area contributed by atoms with Gasteiger partial charge in [-0.1, -0.05) is 52.0 Å². The Morgan fingerprint density at radius 1 is 0.958 bits per heavy atom. The zero-order valence-electron chi connectivity index (χ0n) is 16.3. The Morgan fingerprint density at radius 2 is 1.42 bits per heavy atom. The Kier molecular flexibility index (Phi) is 22.7. The summed E-state index contributed by atoms with van der Waals surface area (Å²) in [6.07, 6.45) is 3.13. The fraction of sp³-hybridized carbons (Fsp3) is 0.632. The van der Waals surface area contributed by atoms with Crippen molar-refractivity contribution in [1.82, 2.24) is 0 Å². The lowest BCUT2D eigenvalue weighted by atomic mass is 9.98. The molecule has 0 amide bonds. The summed E-state index contributed by atoms with van der Waals surface area (Å²) in [4.78, 5) is 10.5. The van der Waals surface area contributed by atoms with E-state index < -0.39 is 6.04 Å². The maximum atomic E-state index is 10.5. The number of aliphatic hydroxyl groups excluding tert-OH is 1. The van der Waals surface area contributed by atoms with Crippen LogP contribution in [0.2, 0.25) is 0 Å². The van der Waals surface area contributed by atoms with E-state index in [0.29, 0.717) is 6.42 Å². The van der Waals surface area contributed by atoms with Crippen LogP contribution in [0, 0.1) is 0 Å². The van der Waals surface area contributed by atoms with E-state index >= 15 is 0 Å². The summed E-state index contributed by atoms with van der Waals surface area (Å²) in [5.41, 5.74) is 19.5. The van der Waals surface area contributed by atoms with Gasteiger partial charge in [-0.2, -0.15) is 0 Å². The second-order valence-corrected chi connectivity index (χ2v) is 4.91. The maximum Gasteiger partial charge on any atom is 0.137 e. The van der Waals surface area contributed by atoms with Crippen LogP contribution in [0.3, 0.4) is 0 Å². The Balaban J connectivity index is -0.000000659. The van der Waals surface area contributed by atoms with Gasteiger partial charge in [0.15, 0.2) is 0 Å². The van der Waals surface area contributed by atoms with Crippen LogP contribution in [0.25, 0.3) is 0 Å². The van der Waals surface area contributed by atoms with Gasteiger partial charge >= 0.3 is 0 Å². The second-order valence-electron chi connectivity index (χ2n) is 4.91. The molecule has 5 heteroatoms. The van der Waals surface area contributed by atoms with Gasteiger partial charge in [0.1, 0.15) is 6.29 Å². The van der Waals surface area contributed by atoms with Crippen molar-refractivity contribution >= 4 is 6.29 Å². The number of carbonyl (C=O) groups excluding carboxylic acids is 1. The number of nitrogens with two attached hydrogens (primary N) is 3. The van der Waals surface area contributed by atoms with Gasteiger partial charge in [-0.3, -0.25) is 0 Å². The van der Waals surface area contributed by atoms with Crippen molar-refractivity contribution in [2.24, 2.45) is 17.2 Å². The molecule has 0 fully saturated rings. The number of carbonyl (C=O) groups is 1. The van der Waals surface area contributed by atoms with Gasteiger partial charge in [0, 0.05) is 19.2 Å². The minimum absolute atomic E-state index is 0.0183. The van der Waals surface area contributed by atoms with Gasteiger partial charge in [0.25, 0.3) is 0 Å². The summed E-state index contributed by atoms with van der Waals surface area (Å²) >= 11 is 0. The monoisotopic (exact) mass is 341 g/mol. The molecule has 3 unspecified atom stereocenters. The SMILES string of the molecule is CC.CC.CC(N)CCC(N)c1ccc(CC(N)C=O)cc1.CO. The van der Waals surface area contributed by atoms with Crippen molar-refractivity contribution in [2.75, 3.05) is 7.11 Å². The van der Waals surface area contributed by atoms with E-state index in [1.807, 2.05) is 58.9 Å². The molecule has 3 atom stereocenters. The Morgan fingerprint density at radius 3 is 1.79 bits per heavy atom. The van der Waals surface area contributed by atoms with E-state index in [-0.39, 0.29) is 12.1 Å². The molecule has 0 bridgehead atoms. The molecule has 0 spiro atoms. The normalized spacial score (nSPS) is 12.8. The summed E-state index contributed by atoms with van der Waals surface area (Å²) < 4.78 is 0. The standard InChI is InChI=1S/C14H23N3O.2C2H6.CH4O/c1-10(15)2-7-14(17)12-5-3-11(4-6-12)8-13(16)9-18;3*1-2/h3-6,9-10,13-14H,2,7-8,15-17H2,1H3;2*1-2H3;2H,1H3. The first-order valence-electron chi connectivity index (χ1n) is 8.78. The fourth-order valence-corrected chi connectivity index (χ4v) is 1.83. The predicted octanol–water partition coefficient (Wildman–Crippen LogP) is 2.54. The largest absolute Gasteiger partial charge is 0.400 e. The van der Waals surface area contributed by atoms with Crippen molar-refractivity contribution in [2.45, 2.75) is 72.0 Å². The van der Waals surface area contributed by atoms with Crippen molar-refractivity contribution in [1.29, 1.82) is 0 Å². The third kappa shape index (κ3) is 14.3. The average molecular weight is 342 g/mol. The van der Waals surface area contributed by atoms with Crippen LogP contribution >= 0.6 is 0 Å². The van der Waals surface area contributed by atoms with Crippen LogP contribution in [0.1, 0.15) is 64.6 Å². The van der Waals surface area contributed by atoms with Gasteiger partial charge in [0.05, 0.1) is 6.04 Å². The summed E-state index contributed by atoms with van der Waals surface area (Å²) in [5, 5.41) is 7.00. The third-order valence-electron chi connectivity index (χ3n) is 2.99. The number of benzene rings is 1. The van der Waals surface area contributed by atoms with E-state index in [1.165, 1.54) is 0 Å². The molecule has 0 saturated carbocycles. The van der Waals surface area contributed by atoms with Crippen LogP contribution in [0.4, 0.5) is 0 Å². The summed E-state index contributed by atoms with van der Waals surface area (Å²) in [7, 11) is 1.00. The van der Waals surface area contributed by atoms with E-state index in [9.17, 15) is 4.79 Å². The lowest BCUT2D eigenvalue weighted by Gasteiger charge is -2.14. The first-order chi connectivity index (χ1) is 11.5. The highest BCUT2D eigenvalue weighted by Crippen LogP contribution is 2.17. The van der Waals surface area contributed by atoms with E-state index in [4.69, 9.17) is 22.3 Å². The molecule has 142 valence electrons. The number of hydrogen-bond acceptors (Lipinski definition) is 5. The first kappa shape index (κ1) is 27.6. The van der Waals surface area contributed by atoms with E-state index in [2.05, 4.69) is 0 Å². The minimum atomic E-state index is -0.428. The number of rotatable bonds is 7. The molecule has 0 radical (unpaired) electrons. The molecular formula is C19H39N3O2. The lowest BCUT2D eigenvalue weighted by molar-refractivity contribution is -0.108. The highest BCUT2D eigenvalue weighted by atomic mass is 16.2. The van der Waals surface area contributed by atoms with Crippen molar-refractivity contribution in [3.63, 3.8) is 0 Å². The summed E-state index contributed by atoms with van der Waals surface area (Å²) in [5.74, 6) is 0. The summed E-state index contributed by atoms with van der Waals surface area (Å²) in [6, 6.07) is 7.72. The zero-order chi connectivity index (χ0) is 19.5. The molecule has 0 aliphatic heterocycles. The number of aliphatic hydroxyl groups is 1. The van der Waals surface area contributed by atoms with Gasteiger partial charge in [-0.05, 0) is 37.3 Å². The van der Waals surface area contributed by atoms with E-state index in [0.717, 1.165) is 37.4 Å². The van der Waals surface area contributed by atoms with E-state index in [1.54, 1.807) is 0 Å². The van der Waals surface area contributed by atoms with Gasteiger partial charge < -0.3 is 27.1 Å². The quantitative estimate of drug-likeness (QED) is 0.569.